The number of carbonyl (C=O) groups is 2. The predicted octanol–water partition coefficient (Wildman–Crippen LogP) is 3.58. The average molecular weight is 394 g/mol. The van der Waals surface area contributed by atoms with E-state index < -0.39 is 6.03 Å². The van der Waals surface area contributed by atoms with Crippen molar-refractivity contribution < 1.29 is 19.1 Å². The summed E-state index contributed by atoms with van der Waals surface area (Å²) in [6.45, 7) is 4.50. The summed E-state index contributed by atoms with van der Waals surface area (Å²) in [6, 6.07) is 2.80. The minimum Gasteiger partial charge on any atom is -0.491 e. The van der Waals surface area contributed by atoms with Gasteiger partial charge in [-0.2, -0.15) is 0 Å². The molecule has 1 rings (SSSR count). The Morgan fingerprint density at radius 1 is 1.27 bits per heavy atom. The lowest BCUT2D eigenvalue weighted by Crippen LogP contribution is -2.31. The number of carbonyl (C=O) groups excluding carboxylic acids is 2. The maximum absolute atomic E-state index is 11.8. The van der Waals surface area contributed by atoms with Crippen molar-refractivity contribution in [2.24, 2.45) is 0 Å². The maximum atomic E-state index is 11.8. The fraction of sp³-hybridized carbons (Fsp3) is 0.429. The van der Waals surface area contributed by atoms with Crippen molar-refractivity contribution in [1.82, 2.24) is 5.32 Å². The largest absolute Gasteiger partial charge is 0.491 e. The molecule has 0 heterocycles. The third-order valence-corrected chi connectivity index (χ3v) is 3.27. The highest BCUT2D eigenvalue weighted by Crippen LogP contribution is 2.36. The van der Waals surface area contributed by atoms with Crippen LogP contribution in [-0.2, 0) is 9.53 Å². The van der Waals surface area contributed by atoms with Crippen LogP contribution in [0.15, 0.2) is 16.6 Å². The molecule has 0 aliphatic rings. The number of rotatable bonds is 7. The van der Waals surface area contributed by atoms with E-state index in [1.807, 2.05) is 6.92 Å². The molecule has 0 atom stereocenters. The molecule has 0 fully saturated rings. The first-order valence-corrected chi connectivity index (χ1v) is 7.97. The van der Waals surface area contributed by atoms with Crippen LogP contribution < -0.4 is 15.4 Å². The first-order chi connectivity index (χ1) is 10.5. The van der Waals surface area contributed by atoms with Gasteiger partial charge in [-0.3, -0.25) is 4.79 Å². The number of anilines is 1. The van der Waals surface area contributed by atoms with Gasteiger partial charge in [0.25, 0.3) is 0 Å². The van der Waals surface area contributed by atoms with Crippen LogP contribution in [0.2, 0.25) is 5.02 Å². The van der Waals surface area contributed by atoms with Crippen LogP contribution in [-0.4, -0.2) is 31.8 Å². The van der Waals surface area contributed by atoms with Crippen LogP contribution in [0.5, 0.6) is 5.75 Å². The quantitative estimate of drug-likeness (QED) is 0.694. The Bertz CT molecular complexity index is 540. The molecule has 0 bridgehead atoms. The van der Waals surface area contributed by atoms with Gasteiger partial charge in [-0.15, -0.1) is 0 Å². The SMILES string of the molecule is CCOC(=O)CCNC(=O)Nc1cc(Cl)cc(Br)c1OCC. The second-order valence-electron chi connectivity index (χ2n) is 4.13. The zero-order chi connectivity index (χ0) is 16.5. The molecule has 1 aromatic carbocycles. The number of hydrogen-bond donors (Lipinski definition) is 2. The molecule has 122 valence electrons. The number of ether oxygens (including phenoxy) is 2. The molecular weight excluding hydrogens is 376 g/mol. The lowest BCUT2D eigenvalue weighted by Gasteiger charge is -2.14. The molecule has 0 saturated carbocycles. The van der Waals surface area contributed by atoms with E-state index in [1.54, 1.807) is 19.1 Å². The van der Waals surface area contributed by atoms with Gasteiger partial charge in [-0.05, 0) is 41.9 Å². The van der Waals surface area contributed by atoms with Crippen LogP contribution in [0.3, 0.4) is 0 Å². The Morgan fingerprint density at radius 3 is 2.64 bits per heavy atom. The van der Waals surface area contributed by atoms with Crippen LogP contribution in [0, 0.1) is 0 Å². The first kappa shape index (κ1) is 18.6. The van der Waals surface area contributed by atoms with Crippen molar-refractivity contribution in [3.8, 4) is 5.75 Å². The van der Waals surface area contributed by atoms with Crippen LogP contribution in [0.4, 0.5) is 10.5 Å². The molecule has 0 saturated heterocycles. The Labute approximate surface area is 142 Å². The Balaban J connectivity index is 2.62. The maximum Gasteiger partial charge on any atom is 0.319 e. The van der Waals surface area contributed by atoms with Crippen molar-refractivity contribution >= 4 is 45.2 Å². The Kier molecular flexibility index (Phi) is 8.05. The summed E-state index contributed by atoms with van der Waals surface area (Å²) in [5, 5.41) is 5.66. The van der Waals surface area contributed by atoms with Crippen LogP contribution in [0.25, 0.3) is 0 Å². The van der Waals surface area contributed by atoms with E-state index in [2.05, 4.69) is 26.6 Å². The second-order valence-corrected chi connectivity index (χ2v) is 5.42. The van der Waals surface area contributed by atoms with Crippen molar-refractivity contribution in [3.05, 3.63) is 21.6 Å². The summed E-state index contributed by atoms with van der Waals surface area (Å²) >= 11 is 9.30. The third-order valence-electron chi connectivity index (χ3n) is 2.47. The van der Waals surface area contributed by atoms with E-state index in [0.29, 0.717) is 34.1 Å². The molecule has 0 aromatic heterocycles. The summed E-state index contributed by atoms with van der Waals surface area (Å²) < 4.78 is 10.9. The molecule has 22 heavy (non-hydrogen) atoms. The molecule has 0 aliphatic heterocycles. The summed E-state index contributed by atoms with van der Waals surface area (Å²) in [5.41, 5.74) is 0.440. The van der Waals surface area contributed by atoms with Gasteiger partial charge < -0.3 is 20.1 Å². The van der Waals surface area contributed by atoms with Crippen LogP contribution in [0.1, 0.15) is 20.3 Å². The van der Waals surface area contributed by atoms with E-state index >= 15 is 0 Å². The standard InChI is InChI=1S/C14H18BrClN2O4/c1-3-21-12(19)5-6-17-14(20)18-11-8-9(16)7-10(15)13(11)22-4-2/h7-8H,3-6H2,1-2H3,(H2,17,18,20). The number of halogens is 2. The predicted molar refractivity (Wildman–Crippen MR) is 88.6 cm³/mol. The summed E-state index contributed by atoms with van der Waals surface area (Å²) in [6.07, 6.45) is 0.110. The fourth-order valence-electron chi connectivity index (χ4n) is 1.62. The number of benzene rings is 1. The summed E-state index contributed by atoms with van der Waals surface area (Å²) in [7, 11) is 0. The Hall–Kier alpha value is -1.47. The number of urea groups is 1. The minimum atomic E-state index is -0.459. The lowest BCUT2D eigenvalue weighted by molar-refractivity contribution is -0.142. The number of hydrogen-bond acceptors (Lipinski definition) is 4. The monoisotopic (exact) mass is 392 g/mol. The highest BCUT2D eigenvalue weighted by atomic mass is 79.9. The van der Waals surface area contributed by atoms with Gasteiger partial charge in [0.15, 0.2) is 5.75 Å². The van der Waals surface area contributed by atoms with E-state index in [0.717, 1.165) is 0 Å². The molecule has 0 unspecified atom stereocenters. The van der Waals surface area contributed by atoms with E-state index in [4.69, 9.17) is 21.1 Å². The number of amides is 2. The van der Waals surface area contributed by atoms with Gasteiger partial charge in [-0.25, -0.2) is 4.79 Å². The van der Waals surface area contributed by atoms with Crippen molar-refractivity contribution in [3.63, 3.8) is 0 Å². The van der Waals surface area contributed by atoms with Gasteiger partial charge in [0.2, 0.25) is 0 Å². The average Bonchev–Trinajstić information content (AvgIpc) is 2.43. The van der Waals surface area contributed by atoms with Crippen molar-refractivity contribution in [2.45, 2.75) is 20.3 Å². The van der Waals surface area contributed by atoms with Gasteiger partial charge in [-0.1, -0.05) is 11.6 Å². The highest BCUT2D eigenvalue weighted by molar-refractivity contribution is 9.10. The van der Waals surface area contributed by atoms with Gasteiger partial charge >= 0.3 is 12.0 Å². The van der Waals surface area contributed by atoms with Crippen molar-refractivity contribution in [1.29, 1.82) is 0 Å². The summed E-state index contributed by atoms with van der Waals surface area (Å²) in [5.74, 6) is 0.135. The zero-order valence-corrected chi connectivity index (χ0v) is 14.7. The fourth-order valence-corrected chi connectivity index (χ4v) is 2.55. The molecule has 2 amide bonds. The minimum absolute atomic E-state index is 0.110. The van der Waals surface area contributed by atoms with E-state index in [1.165, 1.54) is 0 Å². The van der Waals surface area contributed by atoms with E-state index in [9.17, 15) is 9.59 Å². The third kappa shape index (κ3) is 6.11. The molecule has 0 radical (unpaired) electrons. The smallest absolute Gasteiger partial charge is 0.319 e. The lowest BCUT2D eigenvalue weighted by atomic mass is 10.3. The van der Waals surface area contributed by atoms with Gasteiger partial charge in [0, 0.05) is 11.6 Å². The highest BCUT2D eigenvalue weighted by Gasteiger charge is 2.13. The molecule has 0 spiro atoms. The van der Waals surface area contributed by atoms with Crippen LogP contribution >= 0.6 is 27.5 Å². The van der Waals surface area contributed by atoms with E-state index in [-0.39, 0.29) is 18.9 Å². The topological polar surface area (TPSA) is 76.7 Å². The van der Waals surface area contributed by atoms with Crippen molar-refractivity contribution in [2.75, 3.05) is 25.1 Å². The molecular formula is C14H18BrClN2O4. The molecule has 6 nitrogen and oxygen atoms in total. The molecule has 2 N–H and O–H groups in total. The van der Waals surface area contributed by atoms with Gasteiger partial charge in [0.05, 0.1) is 29.8 Å². The summed E-state index contributed by atoms with van der Waals surface area (Å²) in [4.78, 5) is 23.0. The molecule has 1 aromatic rings. The first-order valence-electron chi connectivity index (χ1n) is 6.80. The zero-order valence-electron chi connectivity index (χ0n) is 12.4. The number of esters is 1. The van der Waals surface area contributed by atoms with Gasteiger partial charge in [0.1, 0.15) is 0 Å². The Morgan fingerprint density at radius 2 is 2.00 bits per heavy atom. The second kappa shape index (κ2) is 9.53. The molecule has 0 aliphatic carbocycles. The normalized spacial score (nSPS) is 10.0. The number of nitrogens with one attached hydrogen (secondary N) is 2. The molecule has 8 heteroatoms.